The SMILES string of the molecule is COc1cc(NC(=O)N2CCCOc3ccc(-c4cccc(Cl)c4)nc32)ncn1. The predicted molar refractivity (Wildman–Crippen MR) is 110 cm³/mol. The first-order valence-corrected chi connectivity index (χ1v) is 9.36. The molecule has 2 aromatic heterocycles. The first kappa shape index (κ1) is 18.9. The van der Waals surface area contributed by atoms with E-state index in [1.54, 1.807) is 17.0 Å². The Labute approximate surface area is 172 Å². The number of ether oxygens (including phenoxy) is 2. The Morgan fingerprint density at radius 3 is 2.97 bits per heavy atom. The van der Waals surface area contributed by atoms with Crippen molar-refractivity contribution >= 4 is 29.3 Å². The zero-order valence-corrected chi connectivity index (χ0v) is 16.4. The van der Waals surface area contributed by atoms with Crippen LogP contribution in [0.3, 0.4) is 0 Å². The smallest absolute Gasteiger partial charge is 0.328 e. The van der Waals surface area contributed by atoms with Crippen LogP contribution >= 0.6 is 11.6 Å². The zero-order chi connectivity index (χ0) is 20.2. The Balaban J connectivity index is 1.66. The number of benzene rings is 1. The summed E-state index contributed by atoms with van der Waals surface area (Å²) in [6, 6.07) is 12.2. The summed E-state index contributed by atoms with van der Waals surface area (Å²) in [5, 5.41) is 3.38. The molecule has 1 aliphatic heterocycles. The Kier molecular flexibility index (Phi) is 5.44. The molecule has 4 rings (SSSR count). The van der Waals surface area contributed by atoms with E-state index >= 15 is 0 Å². The lowest BCUT2D eigenvalue weighted by Crippen LogP contribution is -2.36. The first-order valence-electron chi connectivity index (χ1n) is 8.98. The second-order valence-corrected chi connectivity index (χ2v) is 6.69. The number of aromatic nitrogens is 3. The number of anilines is 2. The van der Waals surface area contributed by atoms with Crippen molar-refractivity contribution in [2.24, 2.45) is 0 Å². The molecule has 0 fully saturated rings. The van der Waals surface area contributed by atoms with E-state index in [-0.39, 0.29) is 6.03 Å². The van der Waals surface area contributed by atoms with E-state index in [0.717, 1.165) is 5.56 Å². The van der Waals surface area contributed by atoms with Gasteiger partial charge in [-0.3, -0.25) is 10.2 Å². The van der Waals surface area contributed by atoms with Gasteiger partial charge in [0.1, 0.15) is 12.1 Å². The average Bonchev–Trinajstić information content (AvgIpc) is 2.96. The van der Waals surface area contributed by atoms with Gasteiger partial charge >= 0.3 is 6.03 Å². The molecule has 0 aliphatic carbocycles. The van der Waals surface area contributed by atoms with Crippen LogP contribution in [0.4, 0.5) is 16.4 Å². The van der Waals surface area contributed by atoms with E-state index < -0.39 is 0 Å². The number of halogens is 1. The van der Waals surface area contributed by atoms with E-state index in [9.17, 15) is 4.79 Å². The van der Waals surface area contributed by atoms with Gasteiger partial charge in [0, 0.05) is 23.2 Å². The summed E-state index contributed by atoms with van der Waals surface area (Å²) in [5.74, 6) is 1.68. The van der Waals surface area contributed by atoms with E-state index in [1.807, 2.05) is 30.3 Å². The molecular formula is C20H18ClN5O3. The van der Waals surface area contributed by atoms with Crippen molar-refractivity contribution in [2.75, 3.05) is 30.5 Å². The number of hydrogen-bond acceptors (Lipinski definition) is 6. The number of rotatable bonds is 3. The second kappa shape index (κ2) is 8.32. The highest BCUT2D eigenvalue weighted by atomic mass is 35.5. The average molecular weight is 412 g/mol. The number of pyridine rings is 1. The number of nitrogens with one attached hydrogen (secondary N) is 1. The lowest BCUT2D eigenvalue weighted by molar-refractivity contribution is 0.256. The van der Waals surface area contributed by atoms with Crippen LogP contribution in [0.1, 0.15) is 6.42 Å². The Bertz CT molecular complexity index is 1050. The minimum atomic E-state index is -0.367. The van der Waals surface area contributed by atoms with Gasteiger partial charge in [0.15, 0.2) is 11.6 Å². The molecule has 29 heavy (non-hydrogen) atoms. The Morgan fingerprint density at radius 2 is 2.14 bits per heavy atom. The minimum absolute atomic E-state index is 0.333. The van der Waals surface area contributed by atoms with Crippen molar-refractivity contribution in [3.8, 4) is 22.9 Å². The first-order chi connectivity index (χ1) is 14.1. The van der Waals surface area contributed by atoms with Gasteiger partial charge in [-0.1, -0.05) is 23.7 Å². The predicted octanol–water partition coefficient (Wildman–Crippen LogP) is 4.02. The van der Waals surface area contributed by atoms with Crippen molar-refractivity contribution < 1.29 is 14.3 Å². The van der Waals surface area contributed by atoms with E-state index in [1.165, 1.54) is 13.4 Å². The second-order valence-electron chi connectivity index (χ2n) is 6.26. The van der Waals surface area contributed by atoms with Crippen LogP contribution in [-0.2, 0) is 0 Å². The molecule has 0 bridgehead atoms. The maximum atomic E-state index is 13.0. The lowest BCUT2D eigenvalue weighted by atomic mass is 10.1. The molecule has 3 heterocycles. The molecule has 0 saturated carbocycles. The van der Waals surface area contributed by atoms with Crippen molar-refractivity contribution in [2.45, 2.75) is 6.42 Å². The van der Waals surface area contributed by atoms with Crippen LogP contribution in [0.15, 0.2) is 48.8 Å². The number of nitrogens with zero attached hydrogens (tertiary/aromatic N) is 4. The summed E-state index contributed by atoms with van der Waals surface area (Å²) in [7, 11) is 1.50. The quantitative estimate of drug-likeness (QED) is 0.700. The number of carbonyl (C=O) groups is 1. The third kappa shape index (κ3) is 4.22. The topological polar surface area (TPSA) is 89.5 Å². The highest BCUT2D eigenvalue weighted by Crippen LogP contribution is 2.33. The van der Waals surface area contributed by atoms with Crippen molar-refractivity contribution in [3.63, 3.8) is 0 Å². The van der Waals surface area contributed by atoms with Gasteiger partial charge in [-0.15, -0.1) is 0 Å². The Morgan fingerprint density at radius 1 is 1.24 bits per heavy atom. The van der Waals surface area contributed by atoms with Crippen LogP contribution in [-0.4, -0.2) is 41.2 Å². The number of hydrogen-bond donors (Lipinski definition) is 1. The molecule has 9 heteroatoms. The molecule has 0 atom stereocenters. The van der Waals surface area contributed by atoms with Gasteiger partial charge in [-0.05, 0) is 30.7 Å². The number of carbonyl (C=O) groups excluding carboxylic acids is 1. The van der Waals surface area contributed by atoms with Gasteiger partial charge < -0.3 is 9.47 Å². The largest absolute Gasteiger partial charge is 0.490 e. The van der Waals surface area contributed by atoms with E-state index in [0.29, 0.717) is 53.6 Å². The van der Waals surface area contributed by atoms with Gasteiger partial charge in [0.2, 0.25) is 5.88 Å². The molecule has 8 nitrogen and oxygen atoms in total. The maximum absolute atomic E-state index is 13.0. The third-order valence-corrected chi connectivity index (χ3v) is 4.57. The van der Waals surface area contributed by atoms with Crippen molar-refractivity contribution in [1.29, 1.82) is 0 Å². The fourth-order valence-corrected chi connectivity index (χ4v) is 3.15. The fourth-order valence-electron chi connectivity index (χ4n) is 2.96. The molecule has 2 amide bonds. The minimum Gasteiger partial charge on any atom is -0.490 e. The highest BCUT2D eigenvalue weighted by Gasteiger charge is 2.25. The monoisotopic (exact) mass is 411 g/mol. The molecule has 0 spiro atoms. The molecule has 0 radical (unpaired) electrons. The third-order valence-electron chi connectivity index (χ3n) is 4.33. The van der Waals surface area contributed by atoms with Gasteiger partial charge in [-0.25, -0.2) is 19.7 Å². The van der Waals surface area contributed by atoms with Gasteiger partial charge in [0.25, 0.3) is 0 Å². The summed E-state index contributed by atoms with van der Waals surface area (Å²) in [5.41, 5.74) is 1.55. The normalized spacial score (nSPS) is 13.1. The Hall–Kier alpha value is -3.39. The molecule has 0 unspecified atom stereocenters. The van der Waals surface area contributed by atoms with E-state index in [2.05, 4.69) is 20.3 Å². The molecule has 1 N–H and O–H groups in total. The fraction of sp³-hybridized carbons (Fsp3) is 0.200. The summed E-state index contributed by atoms with van der Waals surface area (Å²) < 4.78 is 10.8. The van der Waals surface area contributed by atoms with Gasteiger partial charge in [0.05, 0.1) is 19.4 Å². The zero-order valence-electron chi connectivity index (χ0n) is 15.6. The van der Waals surface area contributed by atoms with Crippen LogP contribution in [0.25, 0.3) is 11.3 Å². The summed E-state index contributed by atoms with van der Waals surface area (Å²) in [6.45, 7) is 0.948. The summed E-state index contributed by atoms with van der Waals surface area (Å²) in [6.07, 6.45) is 1.99. The van der Waals surface area contributed by atoms with Crippen LogP contribution in [0.2, 0.25) is 5.02 Å². The summed E-state index contributed by atoms with van der Waals surface area (Å²) in [4.78, 5) is 27.2. The molecule has 1 aliphatic rings. The van der Waals surface area contributed by atoms with Crippen LogP contribution < -0.4 is 19.7 Å². The summed E-state index contributed by atoms with van der Waals surface area (Å²) >= 11 is 6.11. The number of urea groups is 1. The lowest BCUT2D eigenvalue weighted by Gasteiger charge is -2.21. The maximum Gasteiger partial charge on any atom is 0.328 e. The number of fused-ring (bicyclic) bond motifs is 1. The standard InChI is InChI=1S/C20H18ClN5O3/c1-28-18-11-17(22-12-23-18)25-20(27)26-8-3-9-29-16-7-6-15(24-19(16)26)13-4-2-5-14(21)10-13/h2,4-7,10-12H,3,8-9H2,1H3,(H,22,23,25,27). The molecule has 0 saturated heterocycles. The van der Waals surface area contributed by atoms with Crippen LogP contribution in [0.5, 0.6) is 11.6 Å². The molecule has 1 aromatic carbocycles. The molecule has 148 valence electrons. The highest BCUT2D eigenvalue weighted by molar-refractivity contribution is 6.30. The number of methoxy groups -OCH3 is 1. The number of amides is 2. The molecular weight excluding hydrogens is 394 g/mol. The van der Waals surface area contributed by atoms with Crippen molar-refractivity contribution in [3.05, 3.63) is 53.8 Å². The van der Waals surface area contributed by atoms with Crippen LogP contribution in [0, 0.1) is 0 Å². The molecule has 3 aromatic rings. The van der Waals surface area contributed by atoms with Crippen molar-refractivity contribution in [1.82, 2.24) is 15.0 Å². The van der Waals surface area contributed by atoms with Gasteiger partial charge in [-0.2, -0.15) is 0 Å². The van der Waals surface area contributed by atoms with E-state index in [4.69, 9.17) is 21.1 Å².